The molecule has 0 aliphatic heterocycles. The van der Waals surface area contributed by atoms with Gasteiger partial charge in [0.05, 0.1) is 16.7 Å². The van der Waals surface area contributed by atoms with Crippen molar-refractivity contribution in [3.05, 3.63) is 53.7 Å². The van der Waals surface area contributed by atoms with E-state index >= 15 is 0 Å². The second kappa shape index (κ2) is 7.99. The molecule has 2 aromatic carbocycles. The van der Waals surface area contributed by atoms with Gasteiger partial charge in [0.2, 0.25) is 0 Å². The minimum Gasteiger partial charge on any atom is -0.489 e. The number of hydrogen-bond acceptors (Lipinski definition) is 6. The number of rotatable bonds is 6. The number of ether oxygens (including phenoxy) is 1. The predicted octanol–water partition coefficient (Wildman–Crippen LogP) is 3.63. The van der Waals surface area contributed by atoms with Crippen molar-refractivity contribution >= 4 is 27.2 Å². The van der Waals surface area contributed by atoms with Crippen LogP contribution < -0.4 is 20.3 Å². The lowest BCUT2D eigenvalue weighted by atomic mass is 10.0. The van der Waals surface area contributed by atoms with Crippen molar-refractivity contribution in [3.8, 4) is 26.8 Å². The topological polar surface area (TPSA) is 120 Å². The lowest BCUT2D eigenvalue weighted by Gasteiger charge is -2.13. The average Bonchev–Trinajstić information content (AvgIpc) is 3.29. The van der Waals surface area contributed by atoms with E-state index < -0.39 is 10.2 Å². The zero-order chi connectivity index (χ0) is 21.5. The maximum Gasteiger partial charge on any atom is 0.274 e. The fourth-order valence-electron chi connectivity index (χ4n) is 3.78. The first-order valence-electron chi connectivity index (χ1n) is 9.66. The summed E-state index contributed by atoms with van der Waals surface area (Å²) in [6.45, 7) is 3.92. The minimum absolute atomic E-state index is 0.0531. The van der Waals surface area contributed by atoms with Gasteiger partial charge < -0.3 is 10.5 Å². The Morgan fingerprint density at radius 2 is 2.07 bits per heavy atom. The Hall–Kier alpha value is -2.46. The molecular weight excluding hydrogens is 420 g/mol. The number of nitrogens with zero attached hydrogens (tertiary/aromatic N) is 1. The SMILES string of the molecule is CC(C)Oc1ccc(-c2ncc(-c3cccc4c3CC[C@@H]4NS(N)(=O)=O)s2)cc1N. The molecule has 1 aliphatic rings. The Bertz CT molecular complexity index is 1190. The quantitative estimate of drug-likeness (QED) is 0.502. The third-order valence-corrected chi connectivity index (χ3v) is 6.66. The Kier molecular flexibility index (Phi) is 5.54. The predicted molar refractivity (Wildman–Crippen MR) is 120 cm³/mol. The van der Waals surface area contributed by atoms with E-state index in [9.17, 15) is 8.42 Å². The van der Waals surface area contributed by atoms with Crippen LogP contribution in [0.15, 0.2) is 42.6 Å². The first kappa shape index (κ1) is 20.8. The van der Waals surface area contributed by atoms with Crippen molar-refractivity contribution in [2.75, 3.05) is 5.73 Å². The third-order valence-electron chi connectivity index (χ3n) is 4.97. The lowest BCUT2D eigenvalue weighted by molar-refractivity contribution is 0.244. The highest BCUT2D eigenvalue weighted by molar-refractivity contribution is 7.87. The summed E-state index contributed by atoms with van der Waals surface area (Å²) in [5.41, 5.74) is 10.8. The van der Waals surface area contributed by atoms with Crippen molar-refractivity contribution in [3.63, 3.8) is 0 Å². The summed E-state index contributed by atoms with van der Waals surface area (Å²) in [6, 6.07) is 11.3. The molecule has 0 radical (unpaired) electrons. The summed E-state index contributed by atoms with van der Waals surface area (Å²) in [5, 5.41) is 6.04. The number of benzene rings is 2. The van der Waals surface area contributed by atoms with Crippen LogP contribution in [-0.2, 0) is 16.6 Å². The number of nitrogens with two attached hydrogens (primary N) is 2. The highest BCUT2D eigenvalue weighted by Crippen LogP contribution is 2.41. The van der Waals surface area contributed by atoms with Crippen molar-refractivity contribution in [2.24, 2.45) is 5.14 Å². The van der Waals surface area contributed by atoms with E-state index in [1.54, 1.807) is 11.3 Å². The zero-order valence-electron chi connectivity index (χ0n) is 16.8. The van der Waals surface area contributed by atoms with Gasteiger partial charge in [0.15, 0.2) is 0 Å². The molecule has 0 amide bonds. The van der Waals surface area contributed by atoms with Crippen LogP contribution in [0.3, 0.4) is 0 Å². The summed E-state index contributed by atoms with van der Waals surface area (Å²) < 4.78 is 31.2. The number of nitrogens with one attached hydrogen (secondary N) is 1. The number of nitrogen functional groups attached to an aromatic ring is 1. The molecule has 3 aromatic rings. The van der Waals surface area contributed by atoms with E-state index in [0.29, 0.717) is 17.9 Å². The monoisotopic (exact) mass is 444 g/mol. The number of fused-ring (bicyclic) bond motifs is 1. The number of aromatic nitrogens is 1. The van der Waals surface area contributed by atoms with Gasteiger partial charge in [-0.3, -0.25) is 0 Å². The third kappa shape index (κ3) is 4.34. The molecule has 1 atom stereocenters. The molecule has 7 nitrogen and oxygen atoms in total. The maximum atomic E-state index is 11.5. The van der Waals surface area contributed by atoms with Gasteiger partial charge in [-0.2, -0.15) is 13.1 Å². The van der Waals surface area contributed by atoms with Crippen LogP contribution >= 0.6 is 11.3 Å². The van der Waals surface area contributed by atoms with Gasteiger partial charge in [-0.15, -0.1) is 11.3 Å². The van der Waals surface area contributed by atoms with E-state index in [1.165, 1.54) is 0 Å². The first-order valence-corrected chi connectivity index (χ1v) is 12.0. The van der Waals surface area contributed by atoms with Gasteiger partial charge in [0, 0.05) is 17.8 Å². The lowest BCUT2D eigenvalue weighted by Crippen LogP contribution is -2.33. The molecule has 5 N–H and O–H groups in total. The number of anilines is 1. The molecule has 1 aromatic heterocycles. The maximum absolute atomic E-state index is 11.5. The molecule has 0 saturated carbocycles. The highest BCUT2D eigenvalue weighted by Gasteiger charge is 2.27. The normalized spacial score (nSPS) is 16.1. The molecule has 0 unspecified atom stereocenters. The van der Waals surface area contributed by atoms with E-state index in [1.807, 2.05) is 56.4 Å². The van der Waals surface area contributed by atoms with E-state index in [0.717, 1.165) is 38.6 Å². The highest BCUT2D eigenvalue weighted by atomic mass is 32.2. The molecule has 0 fully saturated rings. The van der Waals surface area contributed by atoms with E-state index in [-0.39, 0.29) is 12.1 Å². The second-order valence-electron chi connectivity index (χ2n) is 7.58. The molecule has 0 spiro atoms. The molecular formula is C21H24N4O3S2. The molecule has 158 valence electrons. The average molecular weight is 445 g/mol. The van der Waals surface area contributed by atoms with Gasteiger partial charge in [0.1, 0.15) is 10.8 Å². The minimum atomic E-state index is -3.76. The summed E-state index contributed by atoms with van der Waals surface area (Å²) >= 11 is 1.58. The fourth-order valence-corrected chi connectivity index (χ4v) is 5.39. The van der Waals surface area contributed by atoms with Crippen molar-refractivity contribution in [1.29, 1.82) is 0 Å². The van der Waals surface area contributed by atoms with Crippen LogP contribution in [-0.4, -0.2) is 19.5 Å². The standard InChI is InChI=1S/C21H24N4O3S2/c1-12(2)28-19-9-6-13(10-17(19)22)21-24-11-20(29-21)16-5-3-4-15-14(16)7-8-18(15)25-30(23,26)27/h3-6,9-12,18,25H,7-8,22H2,1-2H3,(H2,23,26,27)/t18-/m0/s1. The van der Waals surface area contributed by atoms with Crippen LogP contribution in [0.1, 0.15) is 37.4 Å². The molecule has 9 heteroatoms. The summed E-state index contributed by atoms with van der Waals surface area (Å²) in [6.07, 6.45) is 3.37. The fraction of sp³-hybridized carbons (Fsp3) is 0.286. The Balaban J connectivity index is 1.64. The summed E-state index contributed by atoms with van der Waals surface area (Å²) in [4.78, 5) is 5.62. The first-order chi connectivity index (χ1) is 14.2. The number of thiazole rings is 1. The van der Waals surface area contributed by atoms with Crippen LogP contribution in [0.5, 0.6) is 5.75 Å². The molecule has 1 heterocycles. The molecule has 4 rings (SSSR count). The van der Waals surface area contributed by atoms with Gasteiger partial charge in [0.25, 0.3) is 10.2 Å². The van der Waals surface area contributed by atoms with Crippen LogP contribution in [0.25, 0.3) is 21.0 Å². The summed E-state index contributed by atoms with van der Waals surface area (Å²) in [7, 11) is -3.76. The Morgan fingerprint density at radius 3 is 2.77 bits per heavy atom. The van der Waals surface area contributed by atoms with Crippen LogP contribution in [0, 0.1) is 0 Å². The molecule has 0 saturated heterocycles. The van der Waals surface area contributed by atoms with Gasteiger partial charge >= 0.3 is 0 Å². The van der Waals surface area contributed by atoms with Crippen LogP contribution in [0.2, 0.25) is 0 Å². The van der Waals surface area contributed by atoms with Gasteiger partial charge in [-0.05, 0) is 61.6 Å². The molecule has 30 heavy (non-hydrogen) atoms. The molecule has 1 aliphatic carbocycles. The largest absolute Gasteiger partial charge is 0.489 e. The zero-order valence-corrected chi connectivity index (χ0v) is 18.4. The molecule has 0 bridgehead atoms. The Labute approximate surface area is 180 Å². The smallest absolute Gasteiger partial charge is 0.274 e. The van der Waals surface area contributed by atoms with Crippen molar-refractivity contribution in [2.45, 2.75) is 38.8 Å². The number of hydrogen-bond donors (Lipinski definition) is 3. The van der Waals surface area contributed by atoms with E-state index in [2.05, 4.69) is 9.71 Å². The van der Waals surface area contributed by atoms with E-state index in [4.69, 9.17) is 15.6 Å². The summed E-state index contributed by atoms with van der Waals surface area (Å²) in [5.74, 6) is 0.666. The van der Waals surface area contributed by atoms with Gasteiger partial charge in [-0.25, -0.2) is 10.1 Å². The van der Waals surface area contributed by atoms with Crippen LogP contribution in [0.4, 0.5) is 5.69 Å². The second-order valence-corrected chi connectivity index (χ2v) is 9.93. The van der Waals surface area contributed by atoms with Crippen molar-refractivity contribution < 1.29 is 13.2 Å². The Morgan fingerprint density at radius 1 is 1.27 bits per heavy atom. The van der Waals surface area contributed by atoms with Gasteiger partial charge in [-0.1, -0.05) is 18.2 Å². The van der Waals surface area contributed by atoms with Crippen molar-refractivity contribution in [1.82, 2.24) is 9.71 Å².